The van der Waals surface area contributed by atoms with Gasteiger partial charge in [0.1, 0.15) is 33.7 Å². The number of halogens is 2. The highest BCUT2D eigenvalue weighted by atomic mass is 35.5. The van der Waals surface area contributed by atoms with E-state index in [2.05, 4.69) is 37.0 Å². The third-order valence-electron chi connectivity index (χ3n) is 7.29. The van der Waals surface area contributed by atoms with E-state index in [1.54, 1.807) is 12.1 Å². The molecule has 1 aliphatic heterocycles. The standard InChI is InChI=1S/C31H30ClFN2O2/c1-3-4-21(13-19-14-22-7-12-28(32)35-29(22)27(15-19)37-24-10-11-24)26-16-25-18(2)17-36-31(25)30(34-26)20-5-8-23(33)9-6-20/h5-9,12,14-16,18,21,24H,3-4,10-11,13,17H2,1-2H3. The fourth-order valence-electron chi connectivity index (χ4n) is 5.20. The van der Waals surface area contributed by atoms with Crippen LogP contribution < -0.4 is 9.47 Å². The van der Waals surface area contributed by atoms with Crippen LogP contribution in [0.2, 0.25) is 5.15 Å². The molecular weight excluding hydrogens is 487 g/mol. The van der Waals surface area contributed by atoms with Crippen molar-refractivity contribution in [2.45, 2.75) is 63.9 Å². The molecule has 1 saturated carbocycles. The van der Waals surface area contributed by atoms with Crippen LogP contribution in [-0.4, -0.2) is 22.7 Å². The van der Waals surface area contributed by atoms with Gasteiger partial charge in [-0.2, -0.15) is 0 Å². The van der Waals surface area contributed by atoms with E-state index in [0.717, 1.165) is 71.5 Å². The van der Waals surface area contributed by atoms with E-state index in [0.29, 0.717) is 11.8 Å². The summed E-state index contributed by atoms with van der Waals surface area (Å²) in [6, 6.07) is 16.9. The molecule has 2 aromatic heterocycles. The SMILES string of the molecule is CCCC(Cc1cc(OC2CC2)c2nc(Cl)ccc2c1)c1cc2c(c(-c3ccc(F)cc3)n1)OCC2C. The highest BCUT2D eigenvalue weighted by Crippen LogP contribution is 2.43. The molecule has 6 rings (SSSR count). The average molecular weight is 517 g/mol. The minimum Gasteiger partial charge on any atom is -0.490 e. The third kappa shape index (κ3) is 5.02. The van der Waals surface area contributed by atoms with Crippen molar-refractivity contribution in [2.75, 3.05) is 6.61 Å². The van der Waals surface area contributed by atoms with Gasteiger partial charge in [0, 0.05) is 34.0 Å². The molecule has 0 N–H and O–H groups in total. The Kier molecular flexibility index (Phi) is 6.49. The second-order valence-electron chi connectivity index (χ2n) is 10.3. The lowest BCUT2D eigenvalue weighted by Crippen LogP contribution is -2.08. The number of nitrogens with zero attached hydrogens (tertiary/aromatic N) is 2. The maximum Gasteiger partial charge on any atom is 0.149 e. The second-order valence-corrected chi connectivity index (χ2v) is 10.7. The fraction of sp³-hybridized carbons (Fsp3) is 0.355. The van der Waals surface area contributed by atoms with Gasteiger partial charge in [-0.1, -0.05) is 31.9 Å². The number of hydrogen-bond donors (Lipinski definition) is 0. The summed E-state index contributed by atoms with van der Waals surface area (Å²) >= 11 is 6.21. The van der Waals surface area contributed by atoms with Crippen LogP contribution in [0.5, 0.6) is 11.5 Å². The van der Waals surface area contributed by atoms with Gasteiger partial charge in [-0.15, -0.1) is 0 Å². The molecule has 1 fully saturated rings. The first-order chi connectivity index (χ1) is 18.0. The molecule has 2 atom stereocenters. The number of rotatable bonds is 8. The zero-order valence-corrected chi connectivity index (χ0v) is 21.9. The number of aromatic nitrogens is 2. The highest BCUT2D eigenvalue weighted by molar-refractivity contribution is 6.29. The predicted octanol–water partition coefficient (Wildman–Crippen LogP) is 8.25. The summed E-state index contributed by atoms with van der Waals surface area (Å²) in [6.07, 6.45) is 5.30. The van der Waals surface area contributed by atoms with Crippen LogP contribution in [0.1, 0.15) is 68.2 Å². The topological polar surface area (TPSA) is 44.2 Å². The van der Waals surface area contributed by atoms with Crippen LogP contribution in [-0.2, 0) is 6.42 Å². The van der Waals surface area contributed by atoms with Crippen molar-refractivity contribution in [3.8, 4) is 22.8 Å². The van der Waals surface area contributed by atoms with Crippen molar-refractivity contribution in [1.82, 2.24) is 9.97 Å². The van der Waals surface area contributed by atoms with E-state index < -0.39 is 0 Å². The van der Waals surface area contributed by atoms with E-state index in [9.17, 15) is 4.39 Å². The van der Waals surface area contributed by atoms with E-state index in [-0.39, 0.29) is 23.8 Å². The van der Waals surface area contributed by atoms with Crippen molar-refractivity contribution in [1.29, 1.82) is 0 Å². The van der Waals surface area contributed by atoms with Crippen molar-refractivity contribution >= 4 is 22.5 Å². The van der Waals surface area contributed by atoms with Gasteiger partial charge >= 0.3 is 0 Å². The molecule has 0 radical (unpaired) electrons. The number of benzene rings is 2. The molecule has 4 aromatic rings. The first-order valence-electron chi connectivity index (χ1n) is 13.2. The third-order valence-corrected chi connectivity index (χ3v) is 7.50. The van der Waals surface area contributed by atoms with E-state index in [1.807, 2.05) is 12.1 Å². The second kappa shape index (κ2) is 9.94. The highest BCUT2D eigenvalue weighted by Gasteiger charge is 2.29. The quantitative estimate of drug-likeness (QED) is 0.221. The van der Waals surface area contributed by atoms with Gasteiger partial charge in [0.2, 0.25) is 0 Å². The van der Waals surface area contributed by atoms with Crippen LogP contribution in [0.4, 0.5) is 4.39 Å². The number of fused-ring (bicyclic) bond motifs is 2. The summed E-state index contributed by atoms with van der Waals surface area (Å²) in [5, 5.41) is 1.50. The normalized spacial score (nSPS) is 17.5. The molecule has 3 heterocycles. The molecule has 190 valence electrons. The lowest BCUT2D eigenvalue weighted by molar-refractivity contribution is 0.306. The largest absolute Gasteiger partial charge is 0.490 e. The summed E-state index contributed by atoms with van der Waals surface area (Å²) in [4.78, 5) is 9.70. The van der Waals surface area contributed by atoms with E-state index >= 15 is 0 Å². The monoisotopic (exact) mass is 516 g/mol. The Morgan fingerprint density at radius 2 is 1.89 bits per heavy atom. The van der Waals surface area contributed by atoms with E-state index in [1.165, 1.54) is 23.3 Å². The van der Waals surface area contributed by atoms with Gasteiger partial charge in [0.05, 0.1) is 12.7 Å². The fourth-order valence-corrected chi connectivity index (χ4v) is 5.35. The lowest BCUT2D eigenvalue weighted by Gasteiger charge is -2.20. The van der Waals surface area contributed by atoms with Gasteiger partial charge in [-0.3, -0.25) is 0 Å². The molecule has 4 nitrogen and oxygen atoms in total. The molecule has 2 aromatic carbocycles. The first kappa shape index (κ1) is 24.2. The zero-order chi connectivity index (χ0) is 25.5. The molecule has 0 bridgehead atoms. The minimum atomic E-state index is -0.258. The van der Waals surface area contributed by atoms with Crippen molar-refractivity contribution in [2.24, 2.45) is 0 Å². The van der Waals surface area contributed by atoms with Crippen molar-refractivity contribution < 1.29 is 13.9 Å². The van der Waals surface area contributed by atoms with Gasteiger partial charge < -0.3 is 9.47 Å². The molecule has 6 heteroatoms. The predicted molar refractivity (Wildman–Crippen MR) is 145 cm³/mol. The van der Waals surface area contributed by atoms with Crippen LogP contribution in [0, 0.1) is 5.82 Å². The summed E-state index contributed by atoms with van der Waals surface area (Å²) in [5.74, 6) is 1.88. The Balaban J connectivity index is 1.41. The van der Waals surface area contributed by atoms with Crippen molar-refractivity contribution in [3.63, 3.8) is 0 Å². The molecule has 2 unspecified atom stereocenters. The number of hydrogen-bond acceptors (Lipinski definition) is 4. The van der Waals surface area contributed by atoms with Crippen LogP contribution in [0.15, 0.2) is 54.6 Å². The lowest BCUT2D eigenvalue weighted by atomic mass is 9.88. The Labute approximate surface area is 221 Å². The maximum absolute atomic E-state index is 13.7. The molecule has 0 saturated heterocycles. The van der Waals surface area contributed by atoms with Crippen LogP contribution >= 0.6 is 11.6 Å². The minimum absolute atomic E-state index is 0.216. The smallest absolute Gasteiger partial charge is 0.149 e. The van der Waals surface area contributed by atoms with Crippen LogP contribution in [0.25, 0.3) is 22.2 Å². The summed E-state index contributed by atoms with van der Waals surface area (Å²) < 4.78 is 26.0. The maximum atomic E-state index is 13.7. The van der Waals surface area contributed by atoms with Gasteiger partial charge in [-0.25, -0.2) is 14.4 Å². The first-order valence-corrected chi connectivity index (χ1v) is 13.6. The molecule has 1 aliphatic carbocycles. The molecule has 2 aliphatic rings. The summed E-state index contributed by atoms with van der Waals surface area (Å²) in [5.41, 5.74) is 5.92. The van der Waals surface area contributed by atoms with E-state index in [4.69, 9.17) is 26.1 Å². The Hall–Kier alpha value is -3.18. The summed E-state index contributed by atoms with van der Waals surface area (Å²) in [6.45, 7) is 5.03. The number of ether oxygens (including phenoxy) is 2. The van der Waals surface area contributed by atoms with Gasteiger partial charge in [0.15, 0.2) is 0 Å². The Bertz CT molecular complexity index is 1450. The van der Waals surface area contributed by atoms with Crippen molar-refractivity contribution in [3.05, 3.63) is 82.4 Å². The molecule has 0 amide bonds. The molecule has 37 heavy (non-hydrogen) atoms. The Morgan fingerprint density at radius 3 is 2.65 bits per heavy atom. The zero-order valence-electron chi connectivity index (χ0n) is 21.1. The number of pyridine rings is 2. The van der Waals surface area contributed by atoms with Gasteiger partial charge in [0.25, 0.3) is 0 Å². The van der Waals surface area contributed by atoms with Gasteiger partial charge in [-0.05, 0) is 85.8 Å². The van der Waals surface area contributed by atoms with Crippen LogP contribution in [0.3, 0.4) is 0 Å². The summed E-state index contributed by atoms with van der Waals surface area (Å²) in [7, 11) is 0. The Morgan fingerprint density at radius 1 is 1.08 bits per heavy atom. The molecule has 0 spiro atoms. The average Bonchev–Trinajstić information content (AvgIpc) is 3.64. The molecular formula is C31H30ClFN2O2.